The van der Waals surface area contributed by atoms with Gasteiger partial charge in [-0.1, -0.05) is 0 Å². The number of carbonyl (C=O) groups excluding carboxylic acids is 1. The van der Waals surface area contributed by atoms with E-state index in [1.165, 1.54) is 62.0 Å². The summed E-state index contributed by atoms with van der Waals surface area (Å²) >= 11 is 0. The first-order valence-electron chi connectivity index (χ1n) is 11.2. The van der Waals surface area contributed by atoms with E-state index < -0.39 is 20.0 Å². The Labute approximate surface area is 210 Å². The predicted octanol–water partition coefficient (Wildman–Crippen LogP) is 3.32. The Kier molecular flexibility index (Phi) is 7.45. The number of sulfonamides is 2. The Bertz CT molecular complexity index is 1440. The van der Waals surface area contributed by atoms with E-state index in [9.17, 15) is 21.6 Å². The zero-order valence-corrected chi connectivity index (χ0v) is 21.2. The molecule has 4 rings (SSSR count). The van der Waals surface area contributed by atoms with Crippen molar-refractivity contribution >= 4 is 37.3 Å². The number of ether oxygens (including phenoxy) is 1. The van der Waals surface area contributed by atoms with Crippen LogP contribution in [-0.4, -0.2) is 52.8 Å². The molecule has 0 unspecified atom stereocenters. The second-order valence-corrected chi connectivity index (χ2v) is 11.6. The van der Waals surface area contributed by atoms with Gasteiger partial charge in [-0.2, -0.15) is 0 Å². The van der Waals surface area contributed by atoms with Crippen LogP contribution in [0.3, 0.4) is 0 Å². The van der Waals surface area contributed by atoms with Crippen molar-refractivity contribution in [2.45, 2.75) is 29.1 Å². The summed E-state index contributed by atoms with van der Waals surface area (Å²) in [5.41, 5.74) is 0.636. The van der Waals surface area contributed by atoms with Crippen molar-refractivity contribution in [1.82, 2.24) is 9.88 Å². The van der Waals surface area contributed by atoms with Gasteiger partial charge in [0.2, 0.25) is 0 Å². The Balaban J connectivity index is 1.53. The first-order chi connectivity index (χ1) is 17.2. The summed E-state index contributed by atoms with van der Waals surface area (Å²) in [7, 11) is -6.53. The number of aromatic nitrogens is 1. The molecule has 3 aromatic rings. The van der Waals surface area contributed by atoms with E-state index in [1.54, 1.807) is 17.0 Å². The number of anilines is 2. The molecule has 1 saturated heterocycles. The maximum absolute atomic E-state index is 13.1. The summed E-state index contributed by atoms with van der Waals surface area (Å²) in [5, 5.41) is 0. The maximum atomic E-state index is 13.1. The number of amides is 1. The van der Waals surface area contributed by atoms with Crippen LogP contribution in [0.25, 0.3) is 0 Å². The van der Waals surface area contributed by atoms with Gasteiger partial charge in [0.1, 0.15) is 5.75 Å². The van der Waals surface area contributed by atoms with Crippen LogP contribution in [0.15, 0.2) is 76.8 Å². The molecule has 1 aliphatic rings. The second kappa shape index (κ2) is 10.5. The Morgan fingerprint density at radius 1 is 0.861 bits per heavy atom. The number of piperidine rings is 1. The molecule has 2 N–H and O–H groups in total. The number of carbonyl (C=O) groups is 1. The van der Waals surface area contributed by atoms with E-state index in [0.717, 1.165) is 19.3 Å². The molecule has 2 heterocycles. The number of hydrogen-bond acceptors (Lipinski definition) is 7. The SMILES string of the molecule is COc1ccc(S(=O)(=O)Nc2ccc(S(=O)(=O)Nc3cccnc3)cc2)cc1C(=O)N1CCCCC1. The minimum atomic E-state index is -4.07. The molecule has 10 nitrogen and oxygen atoms in total. The van der Waals surface area contributed by atoms with E-state index >= 15 is 0 Å². The molecule has 0 atom stereocenters. The average Bonchev–Trinajstić information content (AvgIpc) is 2.89. The molecule has 190 valence electrons. The number of methoxy groups -OCH3 is 1. The van der Waals surface area contributed by atoms with E-state index in [0.29, 0.717) is 24.5 Å². The highest BCUT2D eigenvalue weighted by Crippen LogP contribution is 2.27. The van der Waals surface area contributed by atoms with Gasteiger partial charge in [0, 0.05) is 25.0 Å². The third kappa shape index (κ3) is 5.77. The van der Waals surface area contributed by atoms with Gasteiger partial charge in [-0.05, 0) is 73.9 Å². The third-order valence-electron chi connectivity index (χ3n) is 5.69. The average molecular weight is 531 g/mol. The summed E-state index contributed by atoms with van der Waals surface area (Å²) in [6, 6.07) is 12.5. The number of likely N-dealkylation sites (tertiary alicyclic amines) is 1. The van der Waals surface area contributed by atoms with Gasteiger partial charge in [0.05, 0.1) is 34.3 Å². The number of benzene rings is 2. The summed E-state index contributed by atoms with van der Waals surface area (Å²) < 4.78 is 61.4. The topological polar surface area (TPSA) is 135 Å². The van der Waals surface area contributed by atoms with Crippen LogP contribution in [0.4, 0.5) is 11.4 Å². The van der Waals surface area contributed by atoms with Gasteiger partial charge in [-0.3, -0.25) is 19.2 Å². The van der Waals surface area contributed by atoms with Gasteiger partial charge >= 0.3 is 0 Å². The van der Waals surface area contributed by atoms with Crippen LogP contribution >= 0.6 is 0 Å². The highest BCUT2D eigenvalue weighted by atomic mass is 32.2. The molecule has 12 heteroatoms. The normalized spacial score (nSPS) is 14.2. The molecule has 0 radical (unpaired) electrons. The first kappa shape index (κ1) is 25.5. The summed E-state index contributed by atoms with van der Waals surface area (Å²) in [6.45, 7) is 1.23. The summed E-state index contributed by atoms with van der Waals surface area (Å²) in [5.74, 6) is 0.0134. The molecule has 1 aromatic heterocycles. The first-order valence-corrected chi connectivity index (χ1v) is 14.2. The van der Waals surface area contributed by atoms with E-state index in [2.05, 4.69) is 14.4 Å². The zero-order valence-electron chi connectivity index (χ0n) is 19.5. The Hall–Kier alpha value is -3.64. The van der Waals surface area contributed by atoms with Crippen molar-refractivity contribution in [3.05, 3.63) is 72.6 Å². The third-order valence-corrected chi connectivity index (χ3v) is 8.46. The lowest BCUT2D eigenvalue weighted by molar-refractivity contribution is 0.0720. The van der Waals surface area contributed by atoms with Crippen LogP contribution in [0.1, 0.15) is 29.6 Å². The van der Waals surface area contributed by atoms with Crippen LogP contribution in [0.2, 0.25) is 0 Å². The van der Waals surface area contributed by atoms with Crippen LogP contribution in [0.5, 0.6) is 5.75 Å². The van der Waals surface area contributed by atoms with Gasteiger partial charge in [-0.25, -0.2) is 16.8 Å². The van der Waals surface area contributed by atoms with Crippen LogP contribution in [0, 0.1) is 0 Å². The predicted molar refractivity (Wildman–Crippen MR) is 135 cm³/mol. The molecule has 0 spiro atoms. The number of pyridine rings is 1. The Morgan fingerprint density at radius 3 is 2.14 bits per heavy atom. The fraction of sp³-hybridized carbons (Fsp3) is 0.250. The lowest BCUT2D eigenvalue weighted by Gasteiger charge is -2.27. The zero-order chi connectivity index (χ0) is 25.8. The monoisotopic (exact) mass is 530 g/mol. The van der Waals surface area contributed by atoms with Crippen molar-refractivity contribution in [2.75, 3.05) is 29.6 Å². The van der Waals surface area contributed by atoms with Crippen molar-refractivity contribution in [2.24, 2.45) is 0 Å². The molecule has 1 amide bonds. The van der Waals surface area contributed by atoms with Crippen molar-refractivity contribution in [3.63, 3.8) is 0 Å². The fourth-order valence-corrected chi connectivity index (χ4v) is 5.97. The van der Waals surface area contributed by atoms with E-state index in [4.69, 9.17) is 4.74 Å². The quantitative estimate of drug-likeness (QED) is 0.456. The smallest absolute Gasteiger partial charge is 0.261 e. The number of nitrogens with zero attached hydrogens (tertiary/aromatic N) is 2. The largest absolute Gasteiger partial charge is 0.496 e. The lowest BCUT2D eigenvalue weighted by atomic mass is 10.1. The molecule has 0 saturated carbocycles. The highest BCUT2D eigenvalue weighted by Gasteiger charge is 2.25. The molecule has 0 aliphatic carbocycles. The van der Waals surface area contributed by atoms with Gasteiger partial charge < -0.3 is 9.64 Å². The number of nitrogens with one attached hydrogen (secondary N) is 2. The van der Waals surface area contributed by atoms with Gasteiger partial charge in [0.15, 0.2) is 0 Å². The number of rotatable bonds is 8. The number of hydrogen-bond donors (Lipinski definition) is 2. The molecule has 2 aromatic carbocycles. The van der Waals surface area contributed by atoms with Gasteiger partial charge in [0.25, 0.3) is 26.0 Å². The van der Waals surface area contributed by atoms with Crippen molar-refractivity contribution < 1.29 is 26.4 Å². The summed E-state index contributed by atoms with van der Waals surface area (Å²) in [6.07, 6.45) is 5.75. The van der Waals surface area contributed by atoms with E-state index in [1.807, 2.05) is 0 Å². The summed E-state index contributed by atoms with van der Waals surface area (Å²) in [4.78, 5) is 18.4. The van der Waals surface area contributed by atoms with Crippen molar-refractivity contribution in [3.8, 4) is 5.75 Å². The fourth-order valence-electron chi connectivity index (χ4n) is 3.84. The second-order valence-electron chi connectivity index (χ2n) is 8.19. The van der Waals surface area contributed by atoms with E-state index in [-0.39, 0.29) is 26.9 Å². The van der Waals surface area contributed by atoms with Crippen LogP contribution < -0.4 is 14.2 Å². The standard InChI is InChI=1S/C24H26N4O6S2/c1-34-23-12-11-21(16-22(23)24(29)28-14-3-2-4-15-28)36(32,33)26-18-7-9-20(10-8-18)35(30,31)27-19-6-5-13-25-17-19/h5-13,16-17,26-27H,2-4,14-15H2,1H3. The lowest BCUT2D eigenvalue weighted by Crippen LogP contribution is -2.35. The van der Waals surface area contributed by atoms with Crippen molar-refractivity contribution in [1.29, 1.82) is 0 Å². The molecule has 1 aliphatic heterocycles. The molecule has 1 fully saturated rings. The highest BCUT2D eigenvalue weighted by molar-refractivity contribution is 7.93. The maximum Gasteiger partial charge on any atom is 0.261 e. The van der Waals surface area contributed by atoms with Crippen LogP contribution in [-0.2, 0) is 20.0 Å². The Morgan fingerprint density at radius 2 is 1.50 bits per heavy atom. The molecule has 0 bridgehead atoms. The minimum Gasteiger partial charge on any atom is -0.496 e. The molecule has 36 heavy (non-hydrogen) atoms. The molecular formula is C24H26N4O6S2. The molecular weight excluding hydrogens is 504 g/mol. The minimum absolute atomic E-state index is 0.0480. The van der Waals surface area contributed by atoms with Gasteiger partial charge in [-0.15, -0.1) is 0 Å².